The van der Waals surface area contributed by atoms with Gasteiger partial charge < -0.3 is 5.11 Å². The third-order valence-corrected chi connectivity index (χ3v) is 3.28. The normalized spacial score (nSPS) is 10.7. The van der Waals surface area contributed by atoms with Crippen molar-refractivity contribution < 1.29 is 9.90 Å². The Labute approximate surface area is 117 Å². The van der Waals surface area contributed by atoms with Crippen molar-refractivity contribution in [3.8, 4) is 5.82 Å². The van der Waals surface area contributed by atoms with Crippen LogP contribution in [0.3, 0.4) is 0 Å². The number of nitrogens with zero attached hydrogens (tertiary/aromatic N) is 3. The third kappa shape index (κ3) is 2.13. The highest BCUT2D eigenvalue weighted by molar-refractivity contribution is 9.10. The zero-order chi connectivity index (χ0) is 13.4. The summed E-state index contributed by atoms with van der Waals surface area (Å²) in [6, 6.07) is 1.68. The zero-order valence-corrected chi connectivity index (χ0v) is 11.9. The van der Waals surface area contributed by atoms with E-state index in [1.54, 1.807) is 19.9 Å². The number of hydrogen-bond acceptors (Lipinski definition) is 3. The van der Waals surface area contributed by atoms with Crippen molar-refractivity contribution in [1.29, 1.82) is 0 Å². The van der Waals surface area contributed by atoms with Crippen molar-refractivity contribution in [2.75, 3.05) is 0 Å². The molecule has 2 heterocycles. The molecule has 0 aliphatic heterocycles. The number of aromatic nitrogens is 3. The molecule has 0 fully saturated rings. The molecule has 2 aromatic rings. The second-order valence-corrected chi connectivity index (χ2v) is 5.01. The third-order valence-electron chi connectivity index (χ3n) is 2.49. The average molecular weight is 331 g/mol. The summed E-state index contributed by atoms with van der Waals surface area (Å²) < 4.78 is 2.14. The van der Waals surface area contributed by atoms with Crippen LogP contribution in [0.1, 0.15) is 21.7 Å². The van der Waals surface area contributed by atoms with Crippen LogP contribution in [0.4, 0.5) is 0 Å². The van der Waals surface area contributed by atoms with E-state index >= 15 is 0 Å². The van der Waals surface area contributed by atoms with Gasteiger partial charge >= 0.3 is 5.97 Å². The molecule has 5 nitrogen and oxygen atoms in total. The molecule has 0 bridgehead atoms. The molecule has 1 N–H and O–H groups in total. The first-order valence-corrected chi connectivity index (χ1v) is 6.20. The second-order valence-electron chi connectivity index (χ2n) is 3.72. The Morgan fingerprint density at radius 2 is 2.17 bits per heavy atom. The van der Waals surface area contributed by atoms with Gasteiger partial charge in [-0.05, 0) is 35.8 Å². The van der Waals surface area contributed by atoms with Gasteiger partial charge in [-0.3, -0.25) is 0 Å². The standard InChI is InChI=1S/C11H9BrClN3O2/c1-5-9(11(17)18)6(2)16(15-5)10-8(12)3-7(13)4-14-10/h3-4H,1-2H3,(H,17,18). The lowest BCUT2D eigenvalue weighted by atomic mass is 10.2. The number of carboxylic acid groups (broad SMARTS) is 1. The summed E-state index contributed by atoms with van der Waals surface area (Å²) in [5, 5.41) is 13.8. The number of carbonyl (C=O) groups is 1. The molecule has 0 atom stereocenters. The average Bonchev–Trinajstić information content (AvgIpc) is 2.54. The summed E-state index contributed by atoms with van der Waals surface area (Å²) in [7, 11) is 0. The second kappa shape index (κ2) is 4.70. The fourth-order valence-electron chi connectivity index (χ4n) is 1.72. The molecular formula is C11H9BrClN3O2. The monoisotopic (exact) mass is 329 g/mol. The summed E-state index contributed by atoms with van der Waals surface area (Å²) >= 11 is 9.15. The van der Waals surface area contributed by atoms with Gasteiger partial charge in [0.25, 0.3) is 0 Å². The van der Waals surface area contributed by atoms with Crippen LogP contribution >= 0.6 is 27.5 Å². The number of rotatable bonds is 2. The summed E-state index contributed by atoms with van der Waals surface area (Å²) in [6.07, 6.45) is 1.48. The number of aromatic carboxylic acids is 1. The lowest BCUT2D eigenvalue weighted by Crippen LogP contribution is -2.05. The van der Waals surface area contributed by atoms with E-state index in [4.69, 9.17) is 16.7 Å². The molecule has 0 aromatic carbocycles. The Balaban J connectivity index is 2.65. The molecule has 94 valence electrons. The Morgan fingerprint density at radius 1 is 1.50 bits per heavy atom. The van der Waals surface area contributed by atoms with E-state index in [1.807, 2.05) is 0 Å². The number of carboxylic acids is 1. The molecule has 0 saturated heterocycles. The van der Waals surface area contributed by atoms with Gasteiger partial charge in [-0.15, -0.1) is 0 Å². The number of hydrogen-bond donors (Lipinski definition) is 1. The highest BCUT2D eigenvalue weighted by Crippen LogP contribution is 2.25. The van der Waals surface area contributed by atoms with Gasteiger partial charge in [-0.25, -0.2) is 14.5 Å². The van der Waals surface area contributed by atoms with E-state index < -0.39 is 5.97 Å². The van der Waals surface area contributed by atoms with Gasteiger partial charge in [0.15, 0.2) is 5.82 Å². The van der Waals surface area contributed by atoms with E-state index in [0.29, 0.717) is 26.7 Å². The Hall–Kier alpha value is -1.40. The van der Waals surface area contributed by atoms with Gasteiger partial charge in [-0.1, -0.05) is 11.6 Å². The van der Waals surface area contributed by atoms with Crippen molar-refractivity contribution in [2.24, 2.45) is 0 Å². The quantitative estimate of drug-likeness (QED) is 0.919. The number of halogens is 2. The Kier molecular flexibility index (Phi) is 3.41. The van der Waals surface area contributed by atoms with Crippen molar-refractivity contribution in [3.63, 3.8) is 0 Å². The van der Waals surface area contributed by atoms with Gasteiger partial charge in [0.1, 0.15) is 5.56 Å². The highest BCUT2D eigenvalue weighted by atomic mass is 79.9. The van der Waals surface area contributed by atoms with Crippen molar-refractivity contribution >= 4 is 33.5 Å². The summed E-state index contributed by atoms with van der Waals surface area (Å²) in [5.41, 5.74) is 1.16. The van der Waals surface area contributed by atoms with Gasteiger partial charge in [0.2, 0.25) is 0 Å². The topological polar surface area (TPSA) is 68.0 Å². The molecule has 0 aliphatic rings. The molecule has 0 aliphatic carbocycles. The summed E-state index contributed by atoms with van der Waals surface area (Å²) in [6.45, 7) is 3.34. The minimum Gasteiger partial charge on any atom is -0.478 e. The van der Waals surface area contributed by atoms with Crippen molar-refractivity contribution in [3.05, 3.63) is 38.7 Å². The van der Waals surface area contributed by atoms with Crippen LogP contribution in [-0.4, -0.2) is 25.8 Å². The SMILES string of the molecule is Cc1nn(-c2ncc(Cl)cc2Br)c(C)c1C(=O)O. The largest absolute Gasteiger partial charge is 0.478 e. The molecule has 0 spiro atoms. The lowest BCUT2D eigenvalue weighted by Gasteiger charge is -2.06. The molecular weight excluding hydrogens is 321 g/mol. The van der Waals surface area contributed by atoms with Gasteiger partial charge in [0, 0.05) is 6.20 Å². The molecule has 0 unspecified atom stereocenters. The maximum atomic E-state index is 11.1. The van der Waals surface area contributed by atoms with E-state index in [9.17, 15) is 4.79 Å². The maximum absolute atomic E-state index is 11.1. The van der Waals surface area contributed by atoms with Crippen LogP contribution < -0.4 is 0 Å². The Bertz CT molecular complexity index is 639. The van der Waals surface area contributed by atoms with E-state index in [-0.39, 0.29) is 5.56 Å². The van der Waals surface area contributed by atoms with Crippen molar-refractivity contribution in [2.45, 2.75) is 13.8 Å². The number of pyridine rings is 1. The first kappa shape index (κ1) is 13.0. The molecule has 0 saturated carbocycles. The zero-order valence-electron chi connectivity index (χ0n) is 9.61. The molecule has 18 heavy (non-hydrogen) atoms. The minimum absolute atomic E-state index is 0.193. The van der Waals surface area contributed by atoms with Crippen LogP contribution in [0.5, 0.6) is 0 Å². The molecule has 2 aromatic heterocycles. The molecule has 7 heteroatoms. The predicted molar refractivity (Wildman–Crippen MR) is 70.5 cm³/mol. The first-order valence-electron chi connectivity index (χ1n) is 5.02. The van der Waals surface area contributed by atoms with Gasteiger partial charge in [-0.2, -0.15) is 5.10 Å². The van der Waals surface area contributed by atoms with Crippen LogP contribution in [0, 0.1) is 13.8 Å². The van der Waals surface area contributed by atoms with E-state index in [2.05, 4.69) is 26.0 Å². The molecule has 2 rings (SSSR count). The predicted octanol–water partition coefficient (Wildman–Crippen LogP) is 3.00. The maximum Gasteiger partial charge on any atom is 0.339 e. The fraction of sp³-hybridized carbons (Fsp3) is 0.182. The van der Waals surface area contributed by atoms with E-state index in [1.165, 1.54) is 10.9 Å². The lowest BCUT2D eigenvalue weighted by molar-refractivity contribution is 0.0695. The van der Waals surface area contributed by atoms with Crippen LogP contribution in [0.25, 0.3) is 5.82 Å². The van der Waals surface area contributed by atoms with Crippen LogP contribution in [0.15, 0.2) is 16.7 Å². The summed E-state index contributed by atoms with van der Waals surface area (Å²) in [5.74, 6) is -0.492. The fourth-order valence-corrected chi connectivity index (χ4v) is 2.53. The van der Waals surface area contributed by atoms with E-state index in [0.717, 1.165) is 0 Å². The van der Waals surface area contributed by atoms with Gasteiger partial charge in [0.05, 0.1) is 20.9 Å². The first-order chi connectivity index (χ1) is 8.41. The molecule has 0 amide bonds. The van der Waals surface area contributed by atoms with Crippen molar-refractivity contribution in [1.82, 2.24) is 14.8 Å². The molecule has 0 radical (unpaired) electrons. The smallest absolute Gasteiger partial charge is 0.339 e. The highest BCUT2D eigenvalue weighted by Gasteiger charge is 2.20. The summed E-state index contributed by atoms with van der Waals surface area (Å²) in [4.78, 5) is 15.3. The number of aryl methyl sites for hydroxylation is 1. The minimum atomic E-state index is -0.999. The Morgan fingerprint density at radius 3 is 2.67 bits per heavy atom. The van der Waals surface area contributed by atoms with Crippen LogP contribution in [-0.2, 0) is 0 Å². The van der Waals surface area contributed by atoms with Crippen LogP contribution in [0.2, 0.25) is 5.02 Å².